The standard InChI is InChI=1S/C52H92O2/c1-5-38(4)22-20-21-27-52(53)54-51(25-18-14-10-8-12-16-23-41-30-45(41)34-49-36-47(49)32-43-28-39(43)6-2)26-19-15-11-9-13-17-24-42-31-46(42)35-50-37-48(50)33-44-29-40(44)7-3/h38-51H,5-37H2,1-4H3. The molecule has 2 nitrogen and oxygen atoms in total. The number of esters is 1. The first-order valence-corrected chi connectivity index (χ1v) is 25.6. The Balaban J connectivity index is 0.740. The van der Waals surface area contributed by atoms with Gasteiger partial charge in [-0.3, -0.25) is 4.79 Å². The highest BCUT2D eigenvalue weighted by molar-refractivity contribution is 5.69. The highest BCUT2D eigenvalue weighted by atomic mass is 16.5. The first-order chi connectivity index (χ1) is 26.4. The molecule has 54 heavy (non-hydrogen) atoms. The Hall–Kier alpha value is -0.530. The summed E-state index contributed by atoms with van der Waals surface area (Å²) < 4.78 is 6.16. The van der Waals surface area contributed by atoms with Gasteiger partial charge in [-0.15, -0.1) is 0 Å². The normalized spacial score (nSPS) is 35.4. The van der Waals surface area contributed by atoms with Crippen molar-refractivity contribution in [3.63, 3.8) is 0 Å². The van der Waals surface area contributed by atoms with Gasteiger partial charge in [0.15, 0.2) is 0 Å². The van der Waals surface area contributed by atoms with Crippen molar-refractivity contribution in [2.75, 3.05) is 0 Å². The van der Waals surface area contributed by atoms with Crippen LogP contribution in [0.2, 0.25) is 0 Å². The number of rotatable bonds is 35. The fourth-order valence-electron chi connectivity index (χ4n) is 11.9. The maximum Gasteiger partial charge on any atom is 0.306 e. The van der Waals surface area contributed by atoms with Gasteiger partial charge in [-0.1, -0.05) is 137 Å². The quantitative estimate of drug-likeness (QED) is 0.0476. The van der Waals surface area contributed by atoms with Gasteiger partial charge in [0.05, 0.1) is 0 Å². The Bertz CT molecular complexity index is 985. The predicted octanol–water partition coefficient (Wildman–Crippen LogP) is 15.9. The summed E-state index contributed by atoms with van der Waals surface area (Å²) in [5.41, 5.74) is 0. The molecule has 6 saturated carbocycles. The van der Waals surface area contributed by atoms with Gasteiger partial charge in [0, 0.05) is 6.42 Å². The zero-order valence-corrected chi connectivity index (χ0v) is 36.7. The van der Waals surface area contributed by atoms with Gasteiger partial charge in [0.25, 0.3) is 0 Å². The molecule has 0 amide bonds. The summed E-state index contributed by atoms with van der Waals surface area (Å²) in [4.78, 5) is 12.8. The maximum absolute atomic E-state index is 12.8. The van der Waals surface area contributed by atoms with Gasteiger partial charge in [0.1, 0.15) is 6.10 Å². The van der Waals surface area contributed by atoms with E-state index in [4.69, 9.17) is 4.74 Å². The van der Waals surface area contributed by atoms with Crippen LogP contribution in [0.4, 0.5) is 0 Å². The molecule has 312 valence electrons. The summed E-state index contributed by atoms with van der Waals surface area (Å²) in [6, 6.07) is 0. The number of ether oxygens (including phenoxy) is 1. The first-order valence-electron chi connectivity index (χ1n) is 25.6. The van der Waals surface area contributed by atoms with E-state index >= 15 is 0 Å². The molecule has 6 rings (SSSR count). The summed E-state index contributed by atoms with van der Waals surface area (Å²) in [6.07, 6.45) is 45.7. The van der Waals surface area contributed by atoms with Gasteiger partial charge in [-0.05, 0) is 173 Å². The van der Waals surface area contributed by atoms with Crippen molar-refractivity contribution in [1.82, 2.24) is 0 Å². The zero-order chi connectivity index (χ0) is 37.7. The molecule has 0 aromatic rings. The van der Waals surface area contributed by atoms with Crippen molar-refractivity contribution >= 4 is 5.97 Å². The number of hydrogen-bond acceptors (Lipinski definition) is 2. The van der Waals surface area contributed by atoms with Crippen molar-refractivity contribution in [2.45, 2.75) is 246 Å². The second-order valence-electron chi connectivity index (χ2n) is 21.6. The second kappa shape index (κ2) is 22.6. The molecule has 6 aliphatic rings. The van der Waals surface area contributed by atoms with Crippen molar-refractivity contribution < 1.29 is 9.53 Å². The second-order valence-corrected chi connectivity index (χ2v) is 21.6. The van der Waals surface area contributed by atoms with Crippen molar-refractivity contribution in [2.24, 2.45) is 76.9 Å². The number of carbonyl (C=O) groups excluding carboxylic acids is 1. The lowest BCUT2D eigenvalue weighted by Gasteiger charge is -2.18. The molecule has 6 fully saturated rings. The Kier molecular flexibility index (Phi) is 18.0. The molecular formula is C52H92O2. The van der Waals surface area contributed by atoms with E-state index < -0.39 is 0 Å². The smallest absolute Gasteiger partial charge is 0.306 e. The van der Waals surface area contributed by atoms with Gasteiger partial charge in [0.2, 0.25) is 0 Å². The predicted molar refractivity (Wildman–Crippen MR) is 230 cm³/mol. The fraction of sp³-hybridized carbons (Fsp3) is 0.981. The van der Waals surface area contributed by atoms with Gasteiger partial charge in [-0.25, -0.2) is 0 Å². The molecule has 0 heterocycles. The lowest BCUT2D eigenvalue weighted by atomic mass is 10.00. The van der Waals surface area contributed by atoms with E-state index in [1.807, 2.05) is 0 Å². The van der Waals surface area contributed by atoms with Crippen LogP contribution >= 0.6 is 0 Å². The van der Waals surface area contributed by atoms with E-state index in [0.29, 0.717) is 6.42 Å². The van der Waals surface area contributed by atoms with Crippen LogP contribution in [-0.2, 0) is 9.53 Å². The summed E-state index contributed by atoms with van der Waals surface area (Å²) in [5, 5.41) is 0. The molecule has 0 saturated heterocycles. The minimum absolute atomic E-state index is 0.0800. The van der Waals surface area contributed by atoms with E-state index in [2.05, 4.69) is 27.7 Å². The summed E-state index contributed by atoms with van der Waals surface area (Å²) >= 11 is 0. The lowest BCUT2D eigenvalue weighted by molar-refractivity contribution is -0.150. The highest BCUT2D eigenvalue weighted by Gasteiger charge is 2.49. The first kappa shape index (κ1) is 43.1. The van der Waals surface area contributed by atoms with Crippen molar-refractivity contribution in [3.8, 4) is 0 Å². The van der Waals surface area contributed by atoms with Crippen LogP contribution in [0.15, 0.2) is 0 Å². The minimum Gasteiger partial charge on any atom is -0.462 e. The van der Waals surface area contributed by atoms with E-state index in [1.165, 1.54) is 122 Å². The van der Waals surface area contributed by atoms with Crippen LogP contribution in [0, 0.1) is 76.9 Å². The molecule has 0 spiro atoms. The summed E-state index contributed by atoms with van der Waals surface area (Å²) in [6.45, 7) is 9.39. The molecule has 13 atom stereocenters. The average Bonchev–Trinajstić information content (AvgIpc) is 3.95. The van der Waals surface area contributed by atoms with E-state index in [-0.39, 0.29) is 12.1 Å². The Labute approximate surface area is 337 Å². The molecule has 13 unspecified atom stereocenters. The number of unbranched alkanes of at least 4 members (excludes halogenated alkanes) is 11. The average molecular weight is 749 g/mol. The molecule has 0 radical (unpaired) electrons. The molecule has 0 aromatic heterocycles. The van der Waals surface area contributed by atoms with Crippen molar-refractivity contribution in [1.29, 1.82) is 0 Å². The molecule has 6 aliphatic carbocycles. The van der Waals surface area contributed by atoms with E-state index in [1.54, 1.807) is 64.2 Å². The third-order valence-corrected chi connectivity index (χ3v) is 16.9. The Morgan fingerprint density at radius 2 is 0.796 bits per heavy atom. The fourth-order valence-corrected chi connectivity index (χ4v) is 11.9. The van der Waals surface area contributed by atoms with Gasteiger partial charge < -0.3 is 4.74 Å². The summed E-state index contributed by atoms with van der Waals surface area (Å²) in [7, 11) is 0. The number of carbonyl (C=O) groups is 1. The molecular weight excluding hydrogens is 657 g/mol. The maximum atomic E-state index is 12.8. The third-order valence-electron chi connectivity index (χ3n) is 16.9. The van der Waals surface area contributed by atoms with Gasteiger partial charge in [-0.2, -0.15) is 0 Å². The van der Waals surface area contributed by atoms with E-state index in [9.17, 15) is 4.79 Å². The zero-order valence-electron chi connectivity index (χ0n) is 36.7. The SMILES string of the molecule is CCC(C)CCCCC(=O)OC(CCCCCCCCC1CC1CC1CC1CC1CC1CC)CCCCCCCCC1CC1CC1CC1CC1CC1CC. The monoisotopic (exact) mass is 749 g/mol. The van der Waals surface area contributed by atoms with Crippen LogP contribution in [0.25, 0.3) is 0 Å². The topological polar surface area (TPSA) is 26.3 Å². The van der Waals surface area contributed by atoms with Gasteiger partial charge >= 0.3 is 5.97 Å². The van der Waals surface area contributed by atoms with E-state index in [0.717, 1.165) is 96.2 Å². The third kappa shape index (κ3) is 16.0. The summed E-state index contributed by atoms with van der Waals surface area (Å²) in [5.74, 6) is 14.2. The lowest BCUT2D eigenvalue weighted by Crippen LogP contribution is -2.18. The molecule has 0 aliphatic heterocycles. The van der Waals surface area contributed by atoms with Crippen LogP contribution in [0.1, 0.15) is 240 Å². The van der Waals surface area contributed by atoms with Crippen LogP contribution in [0.5, 0.6) is 0 Å². The van der Waals surface area contributed by atoms with Crippen LogP contribution < -0.4 is 0 Å². The molecule has 2 heteroatoms. The highest BCUT2D eigenvalue weighted by Crippen LogP contribution is 2.59. The van der Waals surface area contributed by atoms with Crippen LogP contribution in [-0.4, -0.2) is 12.1 Å². The Morgan fingerprint density at radius 1 is 0.444 bits per heavy atom. The molecule has 0 bridgehead atoms. The minimum atomic E-state index is 0.0800. The Morgan fingerprint density at radius 3 is 1.22 bits per heavy atom. The molecule has 0 aromatic carbocycles. The largest absolute Gasteiger partial charge is 0.462 e. The van der Waals surface area contributed by atoms with Crippen LogP contribution in [0.3, 0.4) is 0 Å². The molecule has 0 N–H and O–H groups in total. The van der Waals surface area contributed by atoms with Crippen molar-refractivity contribution in [3.05, 3.63) is 0 Å². The number of hydrogen-bond donors (Lipinski definition) is 0.